The predicted molar refractivity (Wildman–Crippen MR) is 196 cm³/mol. The maximum atomic E-state index is 11.2. The van der Waals surface area contributed by atoms with E-state index in [1.54, 1.807) is 30.3 Å². The fourth-order valence-corrected chi connectivity index (χ4v) is 6.88. The Hall–Kier alpha value is -3.52. The Balaban J connectivity index is 1.26. The van der Waals surface area contributed by atoms with Gasteiger partial charge in [0.2, 0.25) is 11.8 Å². The summed E-state index contributed by atoms with van der Waals surface area (Å²) in [6.45, 7) is 2.92. The molecule has 6 N–H and O–H groups in total. The van der Waals surface area contributed by atoms with Gasteiger partial charge in [0.15, 0.2) is 10.2 Å². The first-order valence-electron chi connectivity index (χ1n) is 12.9. The summed E-state index contributed by atoms with van der Waals surface area (Å²) in [6.07, 6.45) is 0. The first-order chi connectivity index (χ1) is 21.0. The molecule has 0 radical (unpaired) electrons. The number of anilines is 6. The number of carbonyl (C=O) groups excluding carboxylic acids is 2. The van der Waals surface area contributed by atoms with E-state index >= 15 is 0 Å². The summed E-state index contributed by atoms with van der Waals surface area (Å²) < 4.78 is 0. The molecule has 0 saturated heterocycles. The molecule has 8 nitrogen and oxygen atoms in total. The van der Waals surface area contributed by atoms with Crippen LogP contribution >= 0.6 is 69.2 Å². The lowest BCUT2D eigenvalue weighted by Gasteiger charge is -2.13. The molecule has 0 bridgehead atoms. The highest BCUT2D eigenvalue weighted by Crippen LogP contribution is 2.42. The quantitative estimate of drug-likeness (QED) is 0.0747. The highest BCUT2D eigenvalue weighted by molar-refractivity contribution is 8.76. The molecule has 4 aromatic rings. The lowest BCUT2D eigenvalue weighted by atomic mass is 10.3. The maximum absolute atomic E-state index is 11.2. The van der Waals surface area contributed by atoms with Crippen molar-refractivity contribution in [1.82, 2.24) is 0 Å². The van der Waals surface area contributed by atoms with Gasteiger partial charge in [0.05, 0.1) is 15.7 Å². The number of hydrogen-bond donors (Lipinski definition) is 6. The minimum Gasteiger partial charge on any atom is -0.332 e. The molecule has 4 aromatic carbocycles. The van der Waals surface area contributed by atoms with Gasteiger partial charge in [0.1, 0.15) is 0 Å². The van der Waals surface area contributed by atoms with Crippen molar-refractivity contribution >= 4 is 125 Å². The molecule has 0 aromatic heterocycles. The molecule has 0 unspecified atom stereocenters. The molecule has 0 fully saturated rings. The van der Waals surface area contributed by atoms with E-state index < -0.39 is 0 Å². The third kappa shape index (κ3) is 10.6. The summed E-state index contributed by atoms with van der Waals surface area (Å²) in [4.78, 5) is 24.2. The molecule has 0 aliphatic carbocycles. The summed E-state index contributed by atoms with van der Waals surface area (Å²) in [5.74, 6) is -0.264. The Morgan fingerprint density at radius 1 is 0.545 bits per heavy atom. The number of nitrogens with one attached hydrogen (secondary N) is 6. The van der Waals surface area contributed by atoms with Crippen LogP contribution in [0, 0.1) is 0 Å². The zero-order valence-corrected chi connectivity index (χ0v) is 28.1. The second kappa shape index (κ2) is 16.0. The second-order valence-electron chi connectivity index (χ2n) is 9.13. The van der Waals surface area contributed by atoms with Crippen molar-refractivity contribution in [3.63, 3.8) is 0 Å². The van der Waals surface area contributed by atoms with Gasteiger partial charge in [-0.05, 0) is 109 Å². The minimum absolute atomic E-state index is 0.131. The van der Waals surface area contributed by atoms with Crippen molar-refractivity contribution in [3.8, 4) is 0 Å². The summed E-state index contributed by atoms with van der Waals surface area (Å²) >= 11 is 23.9. The van der Waals surface area contributed by atoms with E-state index in [4.69, 9.17) is 47.6 Å². The van der Waals surface area contributed by atoms with Gasteiger partial charge in [0, 0.05) is 52.1 Å². The van der Waals surface area contributed by atoms with Crippen LogP contribution in [0.1, 0.15) is 13.8 Å². The van der Waals surface area contributed by atoms with Crippen LogP contribution in [0.4, 0.5) is 34.1 Å². The lowest BCUT2D eigenvalue weighted by molar-refractivity contribution is -0.115. The van der Waals surface area contributed by atoms with E-state index in [9.17, 15) is 9.59 Å². The van der Waals surface area contributed by atoms with Crippen LogP contribution in [0.3, 0.4) is 0 Å². The molecule has 44 heavy (non-hydrogen) atoms. The van der Waals surface area contributed by atoms with Crippen LogP contribution in [0.15, 0.2) is 94.7 Å². The van der Waals surface area contributed by atoms with Crippen molar-refractivity contribution in [2.45, 2.75) is 23.6 Å². The highest BCUT2D eigenvalue weighted by Gasteiger charge is 2.09. The van der Waals surface area contributed by atoms with Gasteiger partial charge in [-0.2, -0.15) is 0 Å². The van der Waals surface area contributed by atoms with Gasteiger partial charge < -0.3 is 31.9 Å². The van der Waals surface area contributed by atoms with Crippen molar-refractivity contribution < 1.29 is 9.59 Å². The average Bonchev–Trinajstić information content (AvgIpc) is 2.95. The third-order valence-corrected chi connectivity index (χ3v) is 9.11. The SMILES string of the molecule is CC(=O)Nc1ccc(NC(=S)Nc2ccc(SSc3ccc(NC(=S)Nc4ccc(NC(C)=O)cc4)c(Cl)c3)c(Cl)c2)cc1. The largest absolute Gasteiger partial charge is 0.332 e. The smallest absolute Gasteiger partial charge is 0.221 e. The van der Waals surface area contributed by atoms with E-state index in [-0.39, 0.29) is 11.8 Å². The van der Waals surface area contributed by atoms with Gasteiger partial charge in [-0.15, -0.1) is 0 Å². The van der Waals surface area contributed by atoms with Crippen LogP contribution in [-0.2, 0) is 9.59 Å². The molecule has 226 valence electrons. The Morgan fingerprint density at radius 2 is 1.00 bits per heavy atom. The normalized spacial score (nSPS) is 10.4. The van der Waals surface area contributed by atoms with E-state index in [0.717, 1.165) is 26.9 Å². The number of thiocarbonyl (C=S) groups is 2. The Bertz CT molecular complexity index is 1690. The first kappa shape index (κ1) is 33.4. The Kier molecular flexibility index (Phi) is 12.1. The molecule has 4 rings (SSSR count). The summed E-state index contributed by atoms with van der Waals surface area (Å²) in [7, 11) is 3.03. The molecule has 0 spiro atoms. The van der Waals surface area contributed by atoms with Gasteiger partial charge in [-0.1, -0.05) is 44.8 Å². The number of halogens is 2. The average molecular weight is 702 g/mol. The van der Waals surface area contributed by atoms with Crippen LogP contribution in [0.5, 0.6) is 0 Å². The van der Waals surface area contributed by atoms with Crippen LogP contribution < -0.4 is 31.9 Å². The summed E-state index contributed by atoms with van der Waals surface area (Å²) in [5, 5.41) is 19.7. The topological polar surface area (TPSA) is 106 Å². The number of hydrogen-bond acceptors (Lipinski definition) is 6. The van der Waals surface area contributed by atoms with E-state index in [0.29, 0.717) is 37.3 Å². The van der Waals surface area contributed by atoms with Gasteiger partial charge >= 0.3 is 0 Å². The van der Waals surface area contributed by atoms with Gasteiger partial charge in [-0.3, -0.25) is 9.59 Å². The number of carbonyl (C=O) groups is 2. The van der Waals surface area contributed by atoms with Crippen molar-refractivity contribution in [2.75, 3.05) is 31.9 Å². The zero-order valence-electron chi connectivity index (χ0n) is 23.3. The second-order valence-corrected chi connectivity index (χ2v) is 13.0. The molecule has 0 atom stereocenters. The van der Waals surface area contributed by atoms with Gasteiger partial charge in [0.25, 0.3) is 0 Å². The third-order valence-electron chi connectivity index (χ3n) is 5.53. The molecular formula is C30H26Cl2N6O2S4. The predicted octanol–water partition coefficient (Wildman–Crippen LogP) is 9.33. The van der Waals surface area contributed by atoms with E-state index in [1.807, 2.05) is 54.6 Å². The standard InChI is InChI=1S/C30H26Cl2N6O2S4/c1-17(39)33-19-3-7-21(8-4-19)35-29(41)37-23-11-14-28(26(32)15-23)44-43-24-12-13-27(25(31)16-24)38-30(42)36-22-9-5-20(6-10-22)34-18(2)40/h3-16H,1-2H3,(H,33,39)(H,34,40)(H2,35,37,41)(H2,36,38,42). The monoisotopic (exact) mass is 700 g/mol. The van der Waals surface area contributed by atoms with Crippen molar-refractivity contribution in [2.24, 2.45) is 0 Å². The maximum Gasteiger partial charge on any atom is 0.221 e. The first-order valence-corrected chi connectivity index (χ1v) is 16.6. The molecule has 0 aliphatic heterocycles. The van der Waals surface area contributed by atoms with Crippen LogP contribution in [0.2, 0.25) is 10.0 Å². The van der Waals surface area contributed by atoms with Crippen molar-refractivity contribution in [1.29, 1.82) is 0 Å². The van der Waals surface area contributed by atoms with Crippen LogP contribution in [0.25, 0.3) is 0 Å². The summed E-state index contributed by atoms with van der Waals surface area (Å²) in [5.41, 5.74) is 4.35. The fraction of sp³-hybridized carbons (Fsp3) is 0.0667. The van der Waals surface area contributed by atoms with Crippen LogP contribution in [-0.4, -0.2) is 22.0 Å². The highest BCUT2D eigenvalue weighted by atomic mass is 35.5. The van der Waals surface area contributed by atoms with Gasteiger partial charge in [-0.25, -0.2) is 0 Å². The van der Waals surface area contributed by atoms with Crippen molar-refractivity contribution in [3.05, 3.63) is 95.0 Å². The fourth-order valence-electron chi connectivity index (χ4n) is 3.65. The molecule has 0 saturated carbocycles. The molecule has 14 heteroatoms. The number of benzene rings is 4. The minimum atomic E-state index is -0.133. The Morgan fingerprint density at radius 3 is 1.48 bits per heavy atom. The number of amides is 2. The molecule has 2 amide bonds. The Labute approximate surface area is 283 Å². The molecule has 0 aliphatic rings. The lowest BCUT2D eigenvalue weighted by Crippen LogP contribution is -2.19. The summed E-state index contributed by atoms with van der Waals surface area (Å²) in [6, 6.07) is 25.7. The number of rotatable bonds is 9. The zero-order chi connectivity index (χ0) is 31.6. The molecular weight excluding hydrogens is 676 g/mol. The van der Waals surface area contributed by atoms with E-state index in [2.05, 4.69) is 31.9 Å². The van der Waals surface area contributed by atoms with E-state index in [1.165, 1.54) is 35.4 Å². The molecule has 0 heterocycles.